The van der Waals surface area contributed by atoms with E-state index in [9.17, 15) is 0 Å². The maximum Gasteiger partial charge on any atom is 0.143 e. The number of ether oxygens (including phenoxy) is 2. The van der Waals surface area contributed by atoms with Crippen LogP contribution < -0.4 is 14.8 Å². The van der Waals surface area contributed by atoms with Crippen molar-refractivity contribution < 1.29 is 9.47 Å². The molecule has 21 heavy (non-hydrogen) atoms. The molecule has 0 aromatic heterocycles. The van der Waals surface area contributed by atoms with Gasteiger partial charge in [0.25, 0.3) is 0 Å². The summed E-state index contributed by atoms with van der Waals surface area (Å²) < 4.78 is 11.6. The van der Waals surface area contributed by atoms with E-state index in [1.54, 1.807) is 0 Å². The molecule has 0 saturated carbocycles. The van der Waals surface area contributed by atoms with Gasteiger partial charge in [0, 0.05) is 5.02 Å². The van der Waals surface area contributed by atoms with E-state index in [1.165, 1.54) is 0 Å². The zero-order valence-corrected chi connectivity index (χ0v) is 12.7. The van der Waals surface area contributed by atoms with E-state index in [2.05, 4.69) is 24.4 Å². The van der Waals surface area contributed by atoms with Gasteiger partial charge in [-0.2, -0.15) is 0 Å². The van der Waals surface area contributed by atoms with Gasteiger partial charge in [-0.05, 0) is 42.3 Å². The van der Waals surface area contributed by atoms with Crippen molar-refractivity contribution >= 4 is 17.3 Å². The number of hydrogen-bond donors (Lipinski definition) is 1. The van der Waals surface area contributed by atoms with Crippen LogP contribution in [0.1, 0.15) is 25.0 Å². The van der Waals surface area contributed by atoms with Crippen LogP contribution in [0.15, 0.2) is 42.5 Å². The summed E-state index contributed by atoms with van der Waals surface area (Å²) in [4.78, 5) is 0. The minimum absolute atomic E-state index is 0.00102. The van der Waals surface area contributed by atoms with E-state index in [0.29, 0.717) is 5.02 Å². The van der Waals surface area contributed by atoms with Gasteiger partial charge in [-0.25, -0.2) is 0 Å². The average molecular weight is 304 g/mol. The Kier molecular flexibility index (Phi) is 4.20. The number of hydrogen-bond acceptors (Lipinski definition) is 3. The van der Waals surface area contributed by atoms with Crippen molar-refractivity contribution in [2.24, 2.45) is 0 Å². The van der Waals surface area contributed by atoms with Crippen LogP contribution in [0.2, 0.25) is 5.02 Å². The van der Waals surface area contributed by atoms with E-state index in [4.69, 9.17) is 21.1 Å². The second-order valence-electron chi connectivity index (χ2n) is 5.05. The Balaban J connectivity index is 1.72. The minimum atomic E-state index is -0.00102. The fourth-order valence-electron chi connectivity index (χ4n) is 2.33. The lowest BCUT2D eigenvalue weighted by atomic mass is 10.1. The van der Waals surface area contributed by atoms with Crippen LogP contribution in [-0.4, -0.2) is 13.2 Å². The Morgan fingerprint density at radius 1 is 1.24 bits per heavy atom. The summed E-state index contributed by atoms with van der Waals surface area (Å²) in [6.45, 7) is 3.57. The van der Waals surface area contributed by atoms with E-state index in [1.807, 2.05) is 30.3 Å². The van der Waals surface area contributed by atoms with E-state index in [-0.39, 0.29) is 6.10 Å². The zero-order chi connectivity index (χ0) is 14.7. The van der Waals surface area contributed by atoms with Crippen LogP contribution >= 0.6 is 11.6 Å². The van der Waals surface area contributed by atoms with E-state index in [0.717, 1.165) is 42.3 Å². The fraction of sp³-hybridized carbons (Fsp3) is 0.294. The highest BCUT2D eigenvalue weighted by atomic mass is 35.5. The van der Waals surface area contributed by atoms with Crippen molar-refractivity contribution in [3.8, 4) is 11.5 Å². The highest BCUT2D eigenvalue weighted by molar-refractivity contribution is 6.30. The molecule has 1 N–H and O–H groups in total. The molecule has 3 nitrogen and oxygen atoms in total. The molecule has 0 radical (unpaired) electrons. The third-order valence-corrected chi connectivity index (χ3v) is 3.65. The third kappa shape index (κ3) is 3.24. The van der Waals surface area contributed by atoms with Gasteiger partial charge in [-0.1, -0.05) is 30.7 Å². The van der Waals surface area contributed by atoms with Crippen LogP contribution in [-0.2, 0) is 0 Å². The van der Waals surface area contributed by atoms with Gasteiger partial charge in [0.2, 0.25) is 0 Å². The normalized spacial score (nSPS) is 16.6. The second kappa shape index (κ2) is 6.27. The molecule has 0 spiro atoms. The van der Waals surface area contributed by atoms with Crippen LogP contribution in [0.25, 0.3) is 0 Å². The van der Waals surface area contributed by atoms with Crippen molar-refractivity contribution in [1.29, 1.82) is 0 Å². The largest absolute Gasteiger partial charge is 0.494 e. The smallest absolute Gasteiger partial charge is 0.143 e. The summed E-state index contributed by atoms with van der Waals surface area (Å²) >= 11 is 5.98. The molecule has 1 atom stereocenters. The maximum absolute atomic E-state index is 6.03. The van der Waals surface area contributed by atoms with Crippen LogP contribution in [0.5, 0.6) is 11.5 Å². The molecule has 1 aliphatic rings. The Morgan fingerprint density at radius 2 is 2.05 bits per heavy atom. The minimum Gasteiger partial charge on any atom is -0.494 e. The second-order valence-corrected chi connectivity index (χ2v) is 5.48. The Labute approximate surface area is 129 Å². The van der Waals surface area contributed by atoms with Crippen LogP contribution in [0.3, 0.4) is 0 Å². The van der Waals surface area contributed by atoms with Gasteiger partial charge in [0.05, 0.1) is 18.8 Å². The molecule has 2 aromatic carbocycles. The summed E-state index contributed by atoms with van der Waals surface area (Å²) in [5.74, 6) is 1.73. The number of nitrogens with one attached hydrogen (secondary N) is 1. The van der Waals surface area contributed by atoms with Crippen LogP contribution in [0.4, 0.5) is 5.69 Å². The van der Waals surface area contributed by atoms with Gasteiger partial charge in [0.15, 0.2) is 0 Å². The molecular formula is C17H18ClNO2. The van der Waals surface area contributed by atoms with E-state index >= 15 is 0 Å². The fourth-order valence-corrected chi connectivity index (χ4v) is 2.50. The summed E-state index contributed by atoms with van der Waals surface area (Å²) in [5, 5.41) is 4.07. The molecule has 1 aliphatic heterocycles. The van der Waals surface area contributed by atoms with Gasteiger partial charge in [-0.15, -0.1) is 0 Å². The molecule has 0 amide bonds. The number of anilines is 1. The monoisotopic (exact) mass is 303 g/mol. The zero-order valence-electron chi connectivity index (χ0n) is 11.9. The summed E-state index contributed by atoms with van der Waals surface area (Å²) in [6.07, 6.45) is 1.01. The predicted octanol–water partition coefficient (Wildman–Crippen LogP) is 4.67. The Hall–Kier alpha value is -1.87. The standard InChI is InChI=1S/C17H18ClNO2/c1-2-9-20-14-6-3-12(4-7-14)17-11-19-15-10-13(18)5-8-16(15)21-17/h3-8,10,17,19H,2,9,11H2,1H3. The first-order valence-electron chi connectivity index (χ1n) is 7.19. The molecule has 110 valence electrons. The Morgan fingerprint density at radius 3 is 2.81 bits per heavy atom. The molecule has 0 saturated heterocycles. The topological polar surface area (TPSA) is 30.5 Å². The number of fused-ring (bicyclic) bond motifs is 1. The van der Waals surface area contributed by atoms with Gasteiger partial charge >= 0.3 is 0 Å². The molecule has 0 aliphatic carbocycles. The first-order valence-corrected chi connectivity index (χ1v) is 7.57. The summed E-state index contributed by atoms with van der Waals surface area (Å²) in [6, 6.07) is 13.7. The molecule has 1 unspecified atom stereocenters. The SMILES string of the molecule is CCCOc1ccc(C2CNc3cc(Cl)ccc3O2)cc1. The molecule has 3 rings (SSSR count). The van der Waals surface area contributed by atoms with Crippen molar-refractivity contribution in [3.63, 3.8) is 0 Å². The lowest BCUT2D eigenvalue weighted by molar-refractivity contribution is 0.210. The van der Waals surface area contributed by atoms with Crippen LogP contribution in [0, 0.1) is 0 Å². The molecule has 0 bridgehead atoms. The molecule has 0 fully saturated rings. The predicted molar refractivity (Wildman–Crippen MR) is 85.5 cm³/mol. The molecule has 4 heteroatoms. The highest BCUT2D eigenvalue weighted by Gasteiger charge is 2.20. The van der Waals surface area contributed by atoms with Crippen molar-refractivity contribution in [2.75, 3.05) is 18.5 Å². The van der Waals surface area contributed by atoms with Gasteiger partial charge < -0.3 is 14.8 Å². The maximum atomic E-state index is 6.03. The number of benzene rings is 2. The number of rotatable bonds is 4. The van der Waals surface area contributed by atoms with E-state index < -0.39 is 0 Å². The lowest BCUT2D eigenvalue weighted by Crippen LogP contribution is -2.23. The molecular weight excluding hydrogens is 286 g/mol. The Bertz CT molecular complexity index is 613. The third-order valence-electron chi connectivity index (χ3n) is 3.41. The number of halogens is 1. The highest BCUT2D eigenvalue weighted by Crippen LogP contribution is 2.36. The van der Waals surface area contributed by atoms with Crippen molar-refractivity contribution in [1.82, 2.24) is 0 Å². The first kappa shape index (κ1) is 14.1. The lowest BCUT2D eigenvalue weighted by Gasteiger charge is -2.27. The van der Waals surface area contributed by atoms with Gasteiger partial charge in [-0.3, -0.25) is 0 Å². The quantitative estimate of drug-likeness (QED) is 0.890. The van der Waals surface area contributed by atoms with Gasteiger partial charge in [0.1, 0.15) is 17.6 Å². The summed E-state index contributed by atoms with van der Waals surface area (Å²) in [7, 11) is 0. The first-order chi connectivity index (χ1) is 10.3. The molecule has 1 heterocycles. The summed E-state index contributed by atoms with van der Waals surface area (Å²) in [5.41, 5.74) is 2.08. The molecule has 2 aromatic rings. The van der Waals surface area contributed by atoms with Crippen molar-refractivity contribution in [2.45, 2.75) is 19.4 Å². The average Bonchev–Trinajstić information content (AvgIpc) is 2.53. The van der Waals surface area contributed by atoms with Crippen molar-refractivity contribution in [3.05, 3.63) is 53.1 Å².